The van der Waals surface area contributed by atoms with Gasteiger partial charge in [-0.25, -0.2) is 32.5 Å². The first kappa shape index (κ1) is 27.5. The van der Waals surface area contributed by atoms with E-state index in [2.05, 4.69) is 42.0 Å². The Morgan fingerprint density at radius 3 is 2.37 bits per heavy atom. The number of alkyl halides is 2. The average Bonchev–Trinajstić information content (AvgIpc) is 2.90. The van der Waals surface area contributed by atoms with E-state index in [1.54, 1.807) is 12.3 Å². The fourth-order valence-electron chi connectivity index (χ4n) is 4.48. The van der Waals surface area contributed by atoms with Gasteiger partial charge in [-0.15, -0.1) is 12.4 Å². The lowest BCUT2D eigenvalue weighted by Crippen LogP contribution is -2.46. The molecular formula is C26H26ClF4N7. The molecule has 0 amide bonds. The predicted molar refractivity (Wildman–Crippen MR) is 141 cm³/mol. The summed E-state index contributed by atoms with van der Waals surface area (Å²) in [6.07, 6.45) is -0.167. The number of piperazine rings is 1. The summed E-state index contributed by atoms with van der Waals surface area (Å²) in [6.45, 7) is 8.50. The predicted octanol–water partition coefficient (Wildman–Crippen LogP) is 5.92. The number of nitrogens with zero attached hydrogens (tertiary/aromatic N) is 6. The molecule has 3 aromatic heterocycles. The van der Waals surface area contributed by atoms with Crippen LogP contribution < -0.4 is 10.2 Å². The molecule has 0 spiro atoms. The average molecular weight is 548 g/mol. The maximum absolute atomic E-state index is 14.9. The molecule has 4 aromatic rings. The molecule has 0 unspecified atom stereocenters. The Bertz CT molecular complexity index is 1430. The number of anilines is 3. The van der Waals surface area contributed by atoms with Crippen molar-refractivity contribution in [2.75, 3.05) is 42.9 Å². The number of hydrogen-bond donors (Lipinski definition) is 1. The molecule has 1 fully saturated rings. The van der Waals surface area contributed by atoms with Crippen molar-refractivity contribution in [3.8, 4) is 11.3 Å². The molecule has 1 aliphatic rings. The number of rotatable bonds is 6. The van der Waals surface area contributed by atoms with Gasteiger partial charge in [-0.3, -0.25) is 4.98 Å². The van der Waals surface area contributed by atoms with Gasteiger partial charge in [0.15, 0.2) is 5.82 Å². The fraction of sp³-hybridized carbons (Fsp3) is 0.308. The summed E-state index contributed by atoms with van der Waals surface area (Å²) in [5.41, 5.74) is 0.437. The lowest BCUT2D eigenvalue weighted by molar-refractivity contribution is 0.153. The second-order valence-electron chi connectivity index (χ2n) is 8.85. The summed E-state index contributed by atoms with van der Waals surface area (Å²) in [5, 5.41) is 2.83. The van der Waals surface area contributed by atoms with E-state index in [4.69, 9.17) is 0 Å². The van der Waals surface area contributed by atoms with Crippen molar-refractivity contribution in [2.24, 2.45) is 0 Å². The van der Waals surface area contributed by atoms with Crippen molar-refractivity contribution in [3.05, 3.63) is 65.6 Å². The van der Waals surface area contributed by atoms with Crippen LogP contribution in [0.2, 0.25) is 0 Å². The molecule has 5 rings (SSSR count). The van der Waals surface area contributed by atoms with E-state index in [1.165, 1.54) is 19.1 Å². The van der Waals surface area contributed by atoms with E-state index < -0.39 is 18.1 Å². The van der Waals surface area contributed by atoms with Crippen LogP contribution in [0.3, 0.4) is 0 Å². The third-order valence-corrected chi connectivity index (χ3v) is 6.45. The molecule has 12 heteroatoms. The molecule has 1 aromatic carbocycles. The van der Waals surface area contributed by atoms with Gasteiger partial charge in [-0.1, -0.05) is 6.92 Å². The van der Waals surface area contributed by atoms with E-state index in [0.29, 0.717) is 5.82 Å². The first-order valence-electron chi connectivity index (χ1n) is 11.9. The Hall–Kier alpha value is -3.57. The highest BCUT2D eigenvalue weighted by molar-refractivity contribution is 5.88. The largest absolute Gasteiger partial charge is 0.368 e. The Kier molecular flexibility index (Phi) is 8.27. The Morgan fingerprint density at radius 1 is 0.947 bits per heavy atom. The molecule has 0 radical (unpaired) electrons. The van der Waals surface area contributed by atoms with Crippen LogP contribution in [-0.4, -0.2) is 57.6 Å². The van der Waals surface area contributed by atoms with Gasteiger partial charge in [-0.05, 0) is 43.8 Å². The SMILES string of the molecule is CCN1CCN(c2ccc(Nc3ncc(F)c(-c4cc(F)c5nc(C)cc(C(F)F)c5c4)n3)nc2)CC1.Cl. The molecule has 1 aliphatic heterocycles. The zero-order valence-electron chi connectivity index (χ0n) is 20.8. The Morgan fingerprint density at radius 2 is 1.71 bits per heavy atom. The molecule has 1 N–H and O–H groups in total. The third kappa shape index (κ3) is 5.63. The molecular weight excluding hydrogens is 522 g/mol. The van der Waals surface area contributed by atoms with Crippen LogP contribution in [0, 0.1) is 18.6 Å². The molecule has 1 saturated heterocycles. The van der Waals surface area contributed by atoms with Gasteiger partial charge in [0, 0.05) is 48.4 Å². The maximum atomic E-state index is 14.9. The second-order valence-corrected chi connectivity index (χ2v) is 8.85. The van der Waals surface area contributed by atoms with Gasteiger partial charge in [0.05, 0.1) is 18.1 Å². The number of halogens is 5. The molecule has 0 saturated carbocycles. The summed E-state index contributed by atoms with van der Waals surface area (Å²) < 4.78 is 56.8. The monoisotopic (exact) mass is 547 g/mol. The van der Waals surface area contributed by atoms with E-state index in [-0.39, 0.29) is 51.8 Å². The van der Waals surface area contributed by atoms with Crippen molar-refractivity contribution < 1.29 is 17.6 Å². The van der Waals surface area contributed by atoms with E-state index in [0.717, 1.165) is 50.7 Å². The molecule has 0 aliphatic carbocycles. The smallest absolute Gasteiger partial charge is 0.264 e. The first-order valence-corrected chi connectivity index (χ1v) is 11.9. The van der Waals surface area contributed by atoms with Crippen LogP contribution in [0.15, 0.2) is 42.7 Å². The van der Waals surface area contributed by atoms with Gasteiger partial charge < -0.3 is 15.1 Å². The number of hydrogen-bond acceptors (Lipinski definition) is 7. The highest BCUT2D eigenvalue weighted by Gasteiger charge is 2.20. The molecule has 4 heterocycles. The maximum Gasteiger partial charge on any atom is 0.264 e. The van der Waals surface area contributed by atoms with E-state index in [9.17, 15) is 17.6 Å². The van der Waals surface area contributed by atoms with Gasteiger partial charge in [-0.2, -0.15) is 0 Å². The van der Waals surface area contributed by atoms with Crippen molar-refractivity contribution >= 4 is 40.8 Å². The van der Waals surface area contributed by atoms with E-state index >= 15 is 0 Å². The third-order valence-electron chi connectivity index (χ3n) is 6.45. The van der Waals surface area contributed by atoms with Crippen LogP contribution in [0.5, 0.6) is 0 Å². The van der Waals surface area contributed by atoms with Crippen LogP contribution in [0.4, 0.5) is 35.0 Å². The standard InChI is InChI=1S/C26H25F4N7.ClH/c1-3-36-6-8-37(9-7-36)17-4-5-22(31-13-17)34-26-32-14-21(28)23(35-26)16-11-18-19(25(29)30)10-15(2)33-24(18)20(27)12-16;/h4-5,10-14,25H,3,6-9H2,1-2H3,(H,31,32,34,35);1H. The van der Waals surface area contributed by atoms with Crippen molar-refractivity contribution in [2.45, 2.75) is 20.3 Å². The molecule has 0 atom stereocenters. The zero-order chi connectivity index (χ0) is 26.1. The van der Waals surface area contributed by atoms with Crippen LogP contribution in [-0.2, 0) is 0 Å². The van der Waals surface area contributed by atoms with Gasteiger partial charge >= 0.3 is 0 Å². The minimum absolute atomic E-state index is 0. The Labute approximate surface area is 223 Å². The number of nitrogens with one attached hydrogen (secondary N) is 1. The van der Waals surface area contributed by atoms with E-state index in [1.807, 2.05) is 6.07 Å². The number of benzene rings is 1. The lowest BCUT2D eigenvalue weighted by atomic mass is 10.0. The number of fused-ring (bicyclic) bond motifs is 1. The van der Waals surface area contributed by atoms with Crippen LogP contribution in [0.25, 0.3) is 22.2 Å². The molecule has 38 heavy (non-hydrogen) atoms. The number of aryl methyl sites for hydroxylation is 1. The first-order chi connectivity index (χ1) is 17.8. The number of aromatic nitrogens is 4. The summed E-state index contributed by atoms with van der Waals surface area (Å²) in [6, 6.07) is 7.20. The highest BCUT2D eigenvalue weighted by Crippen LogP contribution is 2.33. The van der Waals surface area contributed by atoms with Gasteiger partial charge in [0.25, 0.3) is 6.43 Å². The Balaban J connectivity index is 0.00000336. The highest BCUT2D eigenvalue weighted by atomic mass is 35.5. The summed E-state index contributed by atoms with van der Waals surface area (Å²) in [7, 11) is 0. The van der Waals surface area contributed by atoms with Crippen LogP contribution >= 0.6 is 12.4 Å². The minimum atomic E-state index is -2.85. The number of likely N-dealkylation sites (N-methyl/N-ethyl adjacent to an activating group) is 1. The summed E-state index contributed by atoms with van der Waals surface area (Å²) in [4.78, 5) is 21.2. The summed E-state index contributed by atoms with van der Waals surface area (Å²) >= 11 is 0. The normalized spacial score (nSPS) is 14.1. The van der Waals surface area contributed by atoms with Crippen molar-refractivity contribution in [3.63, 3.8) is 0 Å². The second kappa shape index (κ2) is 11.4. The van der Waals surface area contributed by atoms with Gasteiger partial charge in [0.1, 0.15) is 22.8 Å². The zero-order valence-corrected chi connectivity index (χ0v) is 21.6. The van der Waals surface area contributed by atoms with Crippen LogP contribution in [0.1, 0.15) is 24.6 Å². The van der Waals surface area contributed by atoms with Crippen molar-refractivity contribution in [1.82, 2.24) is 24.8 Å². The lowest BCUT2D eigenvalue weighted by Gasteiger charge is -2.35. The minimum Gasteiger partial charge on any atom is -0.368 e. The molecule has 200 valence electrons. The number of pyridine rings is 2. The quantitative estimate of drug-likeness (QED) is 0.301. The summed E-state index contributed by atoms with van der Waals surface area (Å²) in [5.74, 6) is -1.19. The molecule has 7 nitrogen and oxygen atoms in total. The topological polar surface area (TPSA) is 70.1 Å². The van der Waals surface area contributed by atoms with Gasteiger partial charge in [0.2, 0.25) is 5.95 Å². The molecule has 0 bridgehead atoms. The fourth-order valence-corrected chi connectivity index (χ4v) is 4.48. The van der Waals surface area contributed by atoms with Crippen molar-refractivity contribution in [1.29, 1.82) is 0 Å².